The van der Waals surface area contributed by atoms with Crippen LogP contribution in [0.1, 0.15) is 4.88 Å². The molecule has 2 heterocycles. The Balaban J connectivity index is 1.37. The Hall–Kier alpha value is -2.90. The Morgan fingerprint density at radius 3 is 2.69 bits per heavy atom. The van der Waals surface area contributed by atoms with Gasteiger partial charge >= 0.3 is 0 Å². The van der Waals surface area contributed by atoms with Crippen molar-refractivity contribution < 1.29 is 4.79 Å². The quantitative estimate of drug-likeness (QED) is 0.409. The summed E-state index contributed by atoms with van der Waals surface area (Å²) in [6, 6.07) is 22.1. The number of amides is 1. The second-order valence-corrected chi connectivity index (χ2v) is 8.36. The fourth-order valence-corrected chi connectivity index (χ4v) is 4.41. The molecule has 146 valence electrons. The molecular formula is C22H20N4OS2. The van der Waals surface area contributed by atoms with Crippen LogP contribution >= 0.6 is 23.1 Å². The van der Waals surface area contributed by atoms with E-state index in [4.69, 9.17) is 0 Å². The predicted octanol–water partition coefficient (Wildman–Crippen LogP) is 4.98. The SMILES string of the molecule is O=C(CSc1nncn1CCc1cccs1)Nc1ccccc1-c1ccccc1. The van der Waals surface area contributed by atoms with Crippen LogP contribution in [0.5, 0.6) is 0 Å². The van der Waals surface area contributed by atoms with Crippen LogP contribution in [0.3, 0.4) is 0 Å². The average Bonchev–Trinajstić information content (AvgIpc) is 3.43. The predicted molar refractivity (Wildman–Crippen MR) is 119 cm³/mol. The highest BCUT2D eigenvalue weighted by molar-refractivity contribution is 7.99. The molecule has 2 aromatic carbocycles. The molecule has 1 amide bonds. The van der Waals surface area contributed by atoms with Crippen molar-refractivity contribution in [3.05, 3.63) is 83.3 Å². The number of aromatic nitrogens is 3. The summed E-state index contributed by atoms with van der Waals surface area (Å²) in [5.74, 6) is 0.215. The van der Waals surface area contributed by atoms with E-state index >= 15 is 0 Å². The van der Waals surface area contributed by atoms with Crippen LogP contribution < -0.4 is 5.32 Å². The molecular weight excluding hydrogens is 400 g/mol. The summed E-state index contributed by atoms with van der Waals surface area (Å²) in [7, 11) is 0. The van der Waals surface area contributed by atoms with Gasteiger partial charge < -0.3 is 9.88 Å². The molecule has 0 fully saturated rings. The van der Waals surface area contributed by atoms with E-state index in [1.807, 2.05) is 59.2 Å². The lowest BCUT2D eigenvalue weighted by Gasteiger charge is -2.11. The largest absolute Gasteiger partial charge is 0.325 e. The molecule has 0 aliphatic rings. The monoisotopic (exact) mass is 420 g/mol. The van der Waals surface area contributed by atoms with Crippen molar-refractivity contribution in [2.24, 2.45) is 0 Å². The Kier molecular flexibility index (Phi) is 6.38. The molecule has 0 aliphatic heterocycles. The lowest BCUT2D eigenvalue weighted by molar-refractivity contribution is -0.113. The number of thiophene rings is 1. The number of aryl methyl sites for hydroxylation is 2. The highest BCUT2D eigenvalue weighted by Crippen LogP contribution is 2.28. The van der Waals surface area contributed by atoms with Gasteiger partial charge in [-0.25, -0.2) is 0 Å². The van der Waals surface area contributed by atoms with Crippen molar-refractivity contribution in [3.8, 4) is 11.1 Å². The van der Waals surface area contributed by atoms with Gasteiger partial charge in [-0.1, -0.05) is 66.4 Å². The number of benzene rings is 2. The molecule has 5 nitrogen and oxygen atoms in total. The van der Waals surface area contributed by atoms with Crippen molar-refractivity contribution >= 4 is 34.7 Å². The van der Waals surface area contributed by atoms with Gasteiger partial charge in [0.05, 0.1) is 5.75 Å². The molecule has 2 aromatic heterocycles. The van der Waals surface area contributed by atoms with E-state index in [2.05, 4.69) is 33.0 Å². The summed E-state index contributed by atoms with van der Waals surface area (Å²) in [6.07, 6.45) is 2.65. The second kappa shape index (κ2) is 9.54. The van der Waals surface area contributed by atoms with Gasteiger partial charge in [-0.2, -0.15) is 0 Å². The number of thioether (sulfide) groups is 1. The number of para-hydroxylation sites is 1. The third kappa shape index (κ3) is 5.13. The van der Waals surface area contributed by atoms with Gasteiger partial charge in [0.25, 0.3) is 0 Å². The van der Waals surface area contributed by atoms with Crippen molar-refractivity contribution in [1.29, 1.82) is 0 Å². The van der Waals surface area contributed by atoms with E-state index < -0.39 is 0 Å². The van der Waals surface area contributed by atoms with Crippen molar-refractivity contribution in [1.82, 2.24) is 14.8 Å². The van der Waals surface area contributed by atoms with Crippen LogP contribution in [0.15, 0.2) is 83.6 Å². The zero-order chi connectivity index (χ0) is 19.9. The lowest BCUT2D eigenvalue weighted by atomic mass is 10.0. The van der Waals surface area contributed by atoms with Crippen LogP contribution in [0.2, 0.25) is 0 Å². The van der Waals surface area contributed by atoms with Crippen molar-refractivity contribution in [2.45, 2.75) is 18.1 Å². The number of carbonyl (C=O) groups is 1. The molecule has 0 saturated heterocycles. The van der Waals surface area contributed by atoms with E-state index in [0.29, 0.717) is 0 Å². The molecule has 7 heteroatoms. The summed E-state index contributed by atoms with van der Waals surface area (Å²) < 4.78 is 2.00. The molecule has 1 N–H and O–H groups in total. The molecule has 4 aromatic rings. The van der Waals surface area contributed by atoms with Gasteiger partial charge in [0, 0.05) is 22.7 Å². The van der Waals surface area contributed by atoms with Gasteiger partial charge in [0.2, 0.25) is 5.91 Å². The van der Waals surface area contributed by atoms with Crippen LogP contribution in [0.4, 0.5) is 5.69 Å². The van der Waals surface area contributed by atoms with E-state index in [1.165, 1.54) is 16.6 Å². The minimum Gasteiger partial charge on any atom is -0.325 e. The number of nitrogens with zero attached hydrogens (tertiary/aromatic N) is 3. The molecule has 0 unspecified atom stereocenters. The zero-order valence-corrected chi connectivity index (χ0v) is 17.3. The van der Waals surface area contributed by atoms with Crippen LogP contribution in [0, 0.1) is 0 Å². The van der Waals surface area contributed by atoms with Crippen molar-refractivity contribution in [3.63, 3.8) is 0 Å². The van der Waals surface area contributed by atoms with E-state index in [9.17, 15) is 4.79 Å². The molecule has 0 aliphatic carbocycles. The Morgan fingerprint density at radius 2 is 1.86 bits per heavy atom. The molecule has 0 radical (unpaired) electrons. The Morgan fingerprint density at radius 1 is 1.03 bits per heavy atom. The van der Waals surface area contributed by atoms with E-state index in [-0.39, 0.29) is 11.7 Å². The van der Waals surface area contributed by atoms with Gasteiger partial charge in [0.1, 0.15) is 6.33 Å². The molecule has 0 spiro atoms. The van der Waals surface area contributed by atoms with Gasteiger partial charge in [-0.3, -0.25) is 4.79 Å². The van der Waals surface area contributed by atoms with Gasteiger partial charge in [-0.05, 0) is 29.5 Å². The van der Waals surface area contributed by atoms with E-state index in [1.54, 1.807) is 17.7 Å². The highest BCUT2D eigenvalue weighted by atomic mass is 32.2. The smallest absolute Gasteiger partial charge is 0.234 e. The fourth-order valence-electron chi connectivity index (χ4n) is 2.97. The van der Waals surface area contributed by atoms with Crippen LogP contribution in [-0.2, 0) is 17.8 Å². The van der Waals surface area contributed by atoms with Crippen LogP contribution in [0.25, 0.3) is 11.1 Å². The summed E-state index contributed by atoms with van der Waals surface area (Å²) in [4.78, 5) is 13.9. The number of hydrogen-bond acceptors (Lipinski definition) is 5. The second-order valence-electron chi connectivity index (χ2n) is 6.38. The fraction of sp³-hybridized carbons (Fsp3) is 0.136. The summed E-state index contributed by atoms with van der Waals surface area (Å²) in [6.45, 7) is 0.800. The molecule has 29 heavy (non-hydrogen) atoms. The first kappa shape index (κ1) is 19.4. The summed E-state index contributed by atoms with van der Waals surface area (Å²) in [5, 5.41) is 14.0. The Bertz CT molecular complexity index is 1060. The maximum Gasteiger partial charge on any atom is 0.234 e. The lowest BCUT2D eigenvalue weighted by Crippen LogP contribution is -2.15. The normalized spacial score (nSPS) is 10.8. The molecule has 0 atom stereocenters. The summed E-state index contributed by atoms with van der Waals surface area (Å²) in [5.41, 5.74) is 2.89. The zero-order valence-electron chi connectivity index (χ0n) is 15.7. The van der Waals surface area contributed by atoms with Gasteiger partial charge in [0.15, 0.2) is 5.16 Å². The van der Waals surface area contributed by atoms with Crippen molar-refractivity contribution in [2.75, 3.05) is 11.1 Å². The number of nitrogens with one attached hydrogen (secondary N) is 1. The first-order chi connectivity index (χ1) is 14.3. The molecule has 0 bridgehead atoms. The number of carbonyl (C=O) groups excluding carboxylic acids is 1. The minimum absolute atomic E-state index is 0.0637. The third-order valence-electron chi connectivity index (χ3n) is 4.38. The minimum atomic E-state index is -0.0637. The van der Waals surface area contributed by atoms with Gasteiger partial charge in [-0.15, -0.1) is 21.5 Å². The maximum absolute atomic E-state index is 12.6. The molecule has 0 saturated carbocycles. The number of rotatable bonds is 8. The van der Waals surface area contributed by atoms with E-state index in [0.717, 1.165) is 34.9 Å². The number of anilines is 1. The first-order valence-electron chi connectivity index (χ1n) is 9.27. The summed E-state index contributed by atoms with van der Waals surface area (Å²) >= 11 is 3.15. The maximum atomic E-state index is 12.6. The third-order valence-corrected chi connectivity index (χ3v) is 6.29. The topological polar surface area (TPSA) is 59.8 Å². The molecule has 4 rings (SSSR count). The Labute approximate surface area is 177 Å². The van der Waals surface area contributed by atoms with Crippen LogP contribution in [-0.4, -0.2) is 26.4 Å². The average molecular weight is 421 g/mol. The standard InChI is InChI=1S/C22H20N4OS2/c27-21(24-20-11-5-4-10-19(20)17-7-2-1-3-8-17)15-29-22-25-23-16-26(22)13-12-18-9-6-14-28-18/h1-11,14,16H,12-13,15H2,(H,24,27). The first-order valence-corrected chi connectivity index (χ1v) is 11.1. The number of hydrogen-bond donors (Lipinski definition) is 1. The highest BCUT2D eigenvalue weighted by Gasteiger charge is 2.11.